The maximum Gasteiger partial charge on any atom is 0.255 e. The lowest BCUT2D eigenvalue weighted by molar-refractivity contribution is -0.121. The summed E-state index contributed by atoms with van der Waals surface area (Å²) in [6.07, 6.45) is 1.43. The summed E-state index contributed by atoms with van der Waals surface area (Å²) >= 11 is 5.94. The summed E-state index contributed by atoms with van der Waals surface area (Å²) in [6, 6.07) is 20.9. The molecule has 3 aromatic rings. The lowest BCUT2D eigenvalue weighted by Gasteiger charge is -2.23. The Morgan fingerprint density at radius 1 is 1.09 bits per heavy atom. The molecule has 0 fully saturated rings. The van der Waals surface area contributed by atoms with E-state index in [1.807, 2.05) is 18.2 Å². The normalized spacial score (nSPS) is 11.6. The highest BCUT2D eigenvalue weighted by atomic mass is 35.5. The van der Waals surface area contributed by atoms with Crippen LogP contribution in [-0.2, 0) is 21.4 Å². The van der Waals surface area contributed by atoms with Gasteiger partial charge in [-0.1, -0.05) is 60.1 Å². The van der Waals surface area contributed by atoms with Crippen molar-refractivity contribution < 1.29 is 17.9 Å². The molecule has 3 aromatic carbocycles. The van der Waals surface area contributed by atoms with Crippen LogP contribution in [0.2, 0.25) is 5.02 Å². The summed E-state index contributed by atoms with van der Waals surface area (Å²) in [5.41, 5.74) is 4.57. The van der Waals surface area contributed by atoms with Gasteiger partial charge in [0.15, 0.2) is 0 Å². The number of benzene rings is 3. The van der Waals surface area contributed by atoms with Gasteiger partial charge in [-0.3, -0.25) is 4.79 Å². The molecule has 0 atom stereocenters. The van der Waals surface area contributed by atoms with E-state index in [0.717, 1.165) is 15.4 Å². The highest BCUT2D eigenvalue weighted by Gasteiger charge is 2.30. The van der Waals surface area contributed by atoms with Crippen molar-refractivity contribution in [2.24, 2.45) is 5.10 Å². The van der Waals surface area contributed by atoms with Gasteiger partial charge in [-0.2, -0.15) is 9.41 Å². The van der Waals surface area contributed by atoms with Crippen molar-refractivity contribution in [1.29, 1.82) is 0 Å². The van der Waals surface area contributed by atoms with Crippen LogP contribution in [0.3, 0.4) is 0 Å². The van der Waals surface area contributed by atoms with Gasteiger partial charge in [0.2, 0.25) is 10.0 Å². The number of halogens is 1. The Kier molecular flexibility index (Phi) is 8.21. The van der Waals surface area contributed by atoms with Gasteiger partial charge < -0.3 is 4.74 Å². The lowest BCUT2D eigenvalue weighted by atomic mass is 10.2. The fourth-order valence-corrected chi connectivity index (χ4v) is 4.92. The highest BCUT2D eigenvalue weighted by Crippen LogP contribution is 2.28. The van der Waals surface area contributed by atoms with Gasteiger partial charge in [0.05, 0.1) is 19.9 Å². The van der Waals surface area contributed by atoms with Crippen molar-refractivity contribution >= 4 is 33.7 Å². The van der Waals surface area contributed by atoms with E-state index in [9.17, 15) is 13.2 Å². The minimum absolute atomic E-state index is 0.00356. The Morgan fingerprint density at radius 3 is 2.55 bits per heavy atom. The Bertz CT molecular complexity index is 1250. The number of hydrazone groups is 1. The van der Waals surface area contributed by atoms with Crippen molar-refractivity contribution in [1.82, 2.24) is 9.73 Å². The maximum absolute atomic E-state index is 13.5. The molecule has 7 nitrogen and oxygen atoms in total. The molecule has 1 N–H and O–H groups in total. The molecule has 0 aliphatic heterocycles. The molecule has 0 aromatic heterocycles. The molecule has 0 saturated heterocycles. The number of amides is 1. The average Bonchev–Trinajstić information content (AvgIpc) is 2.79. The topological polar surface area (TPSA) is 88.1 Å². The van der Waals surface area contributed by atoms with Gasteiger partial charge >= 0.3 is 0 Å². The van der Waals surface area contributed by atoms with Crippen LogP contribution in [0.5, 0.6) is 5.75 Å². The molecule has 0 unspecified atom stereocenters. The molecule has 33 heavy (non-hydrogen) atoms. The summed E-state index contributed by atoms with van der Waals surface area (Å²) in [5.74, 6) is -0.377. The number of carbonyl (C=O) groups excluding carboxylic acids is 1. The Morgan fingerprint density at radius 2 is 1.85 bits per heavy atom. The zero-order chi connectivity index (χ0) is 23.8. The summed E-state index contributed by atoms with van der Waals surface area (Å²) in [6.45, 7) is 1.37. The number of aryl methyl sites for hydroxylation is 1. The highest BCUT2D eigenvalue weighted by molar-refractivity contribution is 7.89. The van der Waals surface area contributed by atoms with E-state index in [0.29, 0.717) is 10.6 Å². The van der Waals surface area contributed by atoms with Crippen molar-refractivity contribution in [2.45, 2.75) is 18.4 Å². The number of hydrogen-bond acceptors (Lipinski definition) is 5. The summed E-state index contributed by atoms with van der Waals surface area (Å²) in [4.78, 5) is 12.6. The van der Waals surface area contributed by atoms with Crippen LogP contribution in [0.15, 0.2) is 82.8 Å². The first-order chi connectivity index (χ1) is 15.8. The third kappa shape index (κ3) is 6.64. The molecule has 1 amide bonds. The summed E-state index contributed by atoms with van der Waals surface area (Å²) in [7, 11) is -2.66. The van der Waals surface area contributed by atoms with Crippen LogP contribution in [-0.4, -0.2) is 38.5 Å². The van der Waals surface area contributed by atoms with E-state index in [1.165, 1.54) is 19.4 Å². The Balaban J connectivity index is 1.85. The van der Waals surface area contributed by atoms with Crippen LogP contribution in [0.4, 0.5) is 0 Å². The molecule has 0 heterocycles. The minimum atomic E-state index is -4.06. The third-order valence-electron chi connectivity index (χ3n) is 4.71. The standard InChI is InChI=1S/C24H24ClN3O4S/c1-18-11-12-22(32-2)23(13-18)33(30,31)28(16-19-7-4-3-5-8-19)17-24(29)27-26-15-20-9-6-10-21(25)14-20/h3-15H,16-17H2,1-2H3,(H,27,29). The molecular weight excluding hydrogens is 462 g/mol. The fraction of sp³-hybridized carbons (Fsp3) is 0.167. The summed E-state index contributed by atoms with van der Waals surface area (Å²) in [5, 5.41) is 4.46. The van der Waals surface area contributed by atoms with Gasteiger partial charge in [-0.15, -0.1) is 0 Å². The zero-order valence-electron chi connectivity index (χ0n) is 18.2. The zero-order valence-corrected chi connectivity index (χ0v) is 19.8. The number of hydrogen-bond donors (Lipinski definition) is 1. The van der Waals surface area contributed by atoms with Crippen LogP contribution < -0.4 is 10.2 Å². The van der Waals surface area contributed by atoms with Gasteiger partial charge in [-0.05, 0) is 47.9 Å². The van der Waals surface area contributed by atoms with Gasteiger partial charge in [0, 0.05) is 11.6 Å². The number of nitrogens with zero attached hydrogens (tertiary/aromatic N) is 2. The predicted octanol–water partition coefficient (Wildman–Crippen LogP) is 4.00. The number of sulfonamides is 1. The van der Waals surface area contributed by atoms with E-state index in [-0.39, 0.29) is 17.2 Å². The van der Waals surface area contributed by atoms with Crippen molar-refractivity contribution in [3.63, 3.8) is 0 Å². The quantitative estimate of drug-likeness (QED) is 0.366. The Hall–Kier alpha value is -3.20. The molecule has 0 radical (unpaired) electrons. The molecule has 0 aliphatic carbocycles. The molecule has 9 heteroatoms. The van der Waals surface area contributed by atoms with E-state index in [4.69, 9.17) is 16.3 Å². The second kappa shape index (κ2) is 11.1. The second-order valence-electron chi connectivity index (χ2n) is 7.26. The molecule has 0 bridgehead atoms. The molecule has 0 spiro atoms. The average molecular weight is 486 g/mol. The first-order valence-corrected chi connectivity index (χ1v) is 11.9. The minimum Gasteiger partial charge on any atom is -0.495 e. The second-order valence-corrected chi connectivity index (χ2v) is 9.60. The summed E-state index contributed by atoms with van der Waals surface area (Å²) < 4.78 is 33.5. The van der Waals surface area contributed by atoms with Crippen molar-refractivity contribution in [2.75, 3.05) is 13.7 Å². The number of carbonyl (C=O) groups is 1. The maximum atomic E-state index is 13.5. The molecule has 172 valence electrons. The molecule has 0 saturated carbocycles. The third-order valence-corrected chi connectivity index (χ3v) is 6.76. The number of nitrogens with one attached hydrogen (secondary N) is 1. The van der Waals surface area contributed by atoms with Crippen LogP contribution in [0, 0.1) is 6.92 Å². The first-order valence-electron chi connectivity index (χ1n) is 10.1. The lowest BCUT2D eigenvalue weighted by Crippen LogP contribution is -2.39. The van der Waals surface area contributed by atoms with Gasteiger partial charge in [-0.25, -0.2) is 13.8 Å². The molecule has 0 aliphatic rings. The smallest absolute Gasteiger partial charge is 0.255 e. The number of methoxy groups -OCH3 is 1. The van der Waals surface area contributed by atoms with E-state index in [2.05, 4.69) is 10.5 Å². The van der Waals surface area contributed by atoms with E-state index >= 15 is 0 Å². The monoisotopic (exact) mass is 485 g/mol. The predicted molar refractivity (Wildman–Crippen MR) is 129 cm³/mol. The molecule has 3 rings (SSSR count). The Labute approximate surface area is 198 Å². The van der Waals surface area contributed by atoms with Crippen LogP contribution in [0.25, 0.3) is 0 Å². The SMILES string of the molecule is COc1ccc(C)cc1S(=O)(=O)N(CC(=O)NN=Cc1cccc(Cl)c1)Cc1ccccc1. The fourth-order valence-electron chi connectivity index (χ4n) is 3.10. The number of ether oxygens (including phenoxy) is 1. The molecular formula is C24H24ClN3O4S. The first kappa shape index (κ1) is 24.4. The van der Waals surface area contributed by atoms with Gasteiger partial charge in [0.1, 0.15) is 10.6 Å². The number of rotatable bonds is 9. The van der Waals surface area contributed by atoms with Crippen molar-refractivity contribution in [3.05, 3.63) is 94.5 Å². The van der Waals surface area contributed by atoms with Crippen LogP contribution >= 0.6 is 11.6 Å². The van der Waals surface area contributed by atoms with Crippen LogP contribution in [0.1, 0.15) is 16.7 Å². The van der Waals surface area contributed by atoms with E-state index < -0.39 is 22.5 Å². The largest absolute Gasteiger partial charge is 0.495 e. The van der Waals surface area contributed by atoms with Crippen molar-refractivity contribution in [3.8, 4) is 5.75 Å². The van der Waals surface area contributed by atoms with E-state index in [1.54, 1.807) is 55.5 Å². The van der Waals surface area contributed by atoms with Gasteiger partial charge in [0.25, 0.3) is 5.91 Å².